The maximum absolute atomic E-state index is 11.1. The van der Waals surface area contributed by atoms with Crippen molar-refractivity contribution in [2.45, 2.75) is 45.1 Å². The molecule has 1 saturated heterocycles. The van der Waals surface area contributed by atoms with Crippen LogP contribution in [0.2, 0.25) is 0 Å². The standard InChI is InChI=1S/C12H18O2/c1-2-3-4-5-9-6-7-11-10(9)8-12(13)14-11/h3-4,9-11H,2,5-8H2,1H3/b4-3-/t9-,10-,11+/m1/s1. The molecule has 0 bridgehead atoms. The monoisotopic (exact) mass is 194 g/mol. The van der Waals surface area contributed by atoms with E-state index in [1.165, 1.54) is 6.42 Å². The van der Waals surface area contributed by atoms with Gasteiger partial charge in [-0.3, -0.25) is 4.79 Å². The Balaban J connectivity index is 1.89. The molecule has 14 heavy (non-hydrogen) atoms. The lowest BCUT2D eigenvalue weighted by Gasteiger charge is -2.13. The van der Waals surface area contributed by atoms with E-state index in [0.29, 0.717) is 18.3 Å². The molecule has 1 aliphatic heterocycles. The fourth-order valence-electron chi connectivity index (χ4n) is 2.69. The molecule has 0 radical (unpaired) electrons. The Kier molecular flexibility index (Phi) is 2.90. The van der Waals surface area contributed by atoms with Gasteiger partial charge in [-0.2, -0.15) is 0 Å². The van der Waals surface area contributed by atoms with E-state index < -0.39 is 0 Å². The largest absolute Gasteiger partial charge is 0.462 e. The van der Waals surface area contributed by atoms with Gasteiger partial charge in [0.05, 0.1) is 6.42 Å². The first kappa shape index (κ1) is 9.75. The summed E-state index contributed by atoms with van der Waals surface area (Å²) >= 11 is 0. The Morgan fingerprint density at radius 2 is 2.29 bits per heavy atom. The van der Waals surface area contributed by atoms with Gasteiger partial charge >= 0.3 is 5.97 Å². The Labute approximate surface area is 85.3 Å². The minimum Gasteiger partial charge on any atom is -0.462 e. The van der Waals surface area contributed by atoms with Crippen LogP contribution in [-0.2, 0) is 9.53 Å². The molecule has 0 aromatic carbocycles. The van der Waals surface area contributed by atoms with Crippen molar-refractivity contribution in [2.75, 3.05) is 0 Å². The van der Waals surface area contributed by atoms with Crippen molar-refractivity contribution in [2.24, 2.45) is 11.8 Å². The molecule has 2 fully saturated rings. The predicted molar refractivity (Wildman–Crippen MR) is 54.8 cm³/mol. The smallest absolute Gasteiger partial charge is 0.306 e. The lowest BCUT2D eigenvalue weighted by atomic mass is 9.90. The van der Waals surface area contributed by atoms with Gasteiger partial charge in [-0.05, 0) is 31.6 Å². The van der Waals surface area contributed by atoms with E-state index in [1.54, 1.807) is 0 Å². The molecule has 0 N–H and O–H groups in total. The number of hydrogen-bond acceptors (Lipinski definition) is 2. The summed E-state index contributed by atoms with van der Waals surface area (Å²) in [4.78, 5) is 11.1. The van der Waals surface area contributed by atoms with E-state index in [0.717, 1.165) is 19.3 Å². The van der Waals surface area contributed by atoms with Crippen molar-refractivity contribution >= 4 is 5.97 Å². The second-order valence-corrected chi connectivity index (χ2v) is 4.35. The molecule has 0 aromatic rings. The molecule has 0 aromatic heterocycles. The number of carbonyl (C=O) groups excluding carboxylic acids is 1. The number of fused-ring (bicyclic) bond motifs is 1. The first-order valence-corrected chi connectivity index (χ1v) is 5.65. The van der Waals surface area contributed by atoms with Crippen LogP contribution in [0.1, 0.15) is 39.0 Å². The van der Waals surface area contributed by atoms with Crippen molar-refractivity contribution in [3.05, 3.63) is 12.2 Å². The highest BCUT2D eigenvalue weighted by Crippen LogP contribution is 2.42. The van der Waals surface area contributed by atoms with Gasteiger partial charge in [0.1, 0.15) is 6.10 Å². The molecule has 0 unspecified atom stereocenters. The average Bonchev–Trinajstić information content (AvgIpc) is 2.66. The van der Waals surface area contributed by atoms with Gasteiger partial charge in [-0.15, -0.1) is 0 Å². The molecule has 3 atom stereocenters. The summed E-state index contributed by atoms with van der Waals surface area (Å²) in [5, 5.41) is 0. The zero-order valence-electron chi connectivity index (χ0n) is 8.74. The minimum absolute atomic E-state index is 0.0178. The molecular weight excluding hydrogens is 176 g/mol. The Bertz CT molecular complexity index is 245. The second-order valence-electron chi connectivity index (χ2n) is 4.35. The number of rotatable bonds is 3. The maximum atomic E-state index is 11.1. The third kappa shape index (κ3) is 1.84. The lowest BCUT2D eigenvalue weighted by molar-refractivity contribution is -0.141. The van der Waals surface area contributed by atoms with Crippen LogP contribution >= 0.6 is 0 Å². The van der Waals surface area contributed by atoms with Crippen LogP contribution in [0.4, 0.5) is 0 Å². The van der Waals surface area contributed by atoms with Gasteiger partial charge in [0.15, 0.2) is 0 Å². The van der Waals surface area contributed by atoms with Gasteiger partial charge in [-0.25, -0.2) is 0 Å². The number of carbonyl (C=O) groups is 1. The van der Waals surface area contributed by atoms with Gasteiger partial charge in [-0.1, -0.05) is 19.1 Å². The topological polar surface area (TPSA) is 26.3 Å². The summed E-state index contributed by atoms with van der Waals surface area (Å²) in [7, 11) is 0. The molecule has 2 heteroatoms. The van der Waals surface area contributed by atoms with Crippen molar-refractivity contribution in [1.29, 1.82) is 0 Å². The van der Waals surface area contributed by atoms with Crippen molar-refractivity contribution in [3.8, 4) is 0 Å². The molecule has 0 spiro atoms. The highest BCUT2D eigenvalue weighted by molar-refractivity contribution is 5.72. The number of hydrogen-bond donors (Lipinski definition) is 0. The molecular formula is C12H18O2. The first-order chi connectivity index (χ1) is 6.81. The third-order valence-electron chi connectivity index (χ3n) is 3.43. The van der Waals surface area contributed by atoms with Gasteiger partial charge in [0, 0.05) is 5.92 Å². The van der Waals surface area contributed by atoms with Crippen LogP contribution in [-0.4, -0.2) is 12.1 Å². The number of allylic oxidation sites excluding steroid dienone is 2. The normalized spacial score (nSPS) is 36.4. The molecule has 1 heterocycles. The van der Waals surface area contributed by atoms with Gasteiger partial charge in [0.2, 0.25) is 0 Å². The van der Waals surface area contributed by atoms with Crippen molar-refractivity contribution in [1.82, 2.24) is 0 Å². The van der Waals surface area contributed by atoms with Gasteiger partial charge in [0.25, 0.3) is 0 Å². The fraction of sp³-hybridized carbons (Fsp3) is 0.750. The molecule has 78 valence electrons. The predicted octanol–water partition coefficient (Wildman–Crippen LogP) is 2.68. The van der Waals surface area contributed by atoms with E-state index in [1.807, 2.05) is 0 Å². The molecule has 1 aliphatic carbocycles. The summed E-state index contributed by atoms with van der Waals surface area (Å²) in [6.07, 6.45) is 9.94. The van der Waals surface area contributed by atoms with Gasteiger partial charge < -0.3 is 4.74 Å². The Hall–Kier alpha value is -0.790. The van der Waals surface area contributed by atoms with Crippen LogP contribution in [0.15, 0.2) is 12.2 Å². The quantitative estimate of drug-likeness (QED) is 0.510. The summed E-state index contributed by atoms with van der Waals surface area (Å²) < 4.78 is 5.26. The summed E-state index contributed by atoms with van der Waals surface area (Å²) in [6, 6.07) is 0. The average molecular weight is 194 g/mol. The fourth-order valence-corrected chi connectivity index (χ4v) is 2.69. The molecule has 2 aliphatic rings. The zero-order chi connectivity index (χ0) is 9.97. The van der Waals surface area contributed by atoms with Crippen LogP contribution in [0, 0.1) is 11.8 Å². The minimum atomic E-state index is 0.0178. The molecule has 2 rings (SSSR count). The van der Waals surface area contributed by atoms with E-state index in [4.69, 9.17) is 4.74 Å². The van der Waals surface area contributed by atoms with Crippen molar-refractivity contribution in [3.63, 3.8) is 0 Å². The Morgan fingerprint density at radius 1 is 1.43 bits per heavy atom. The number of esters is 1. The summed E-state index contributed by atoms with van der Waals surface area (Å²) in [5.74, 6) is 1.22. The zero-order valence-corrected chi connectivity index (χ0v) is 8.74. The Morgan fingerprint density at radius 3 is 3.07 bits per heavy atom. The highest BCUT2D eigenvalue weighted by Gasteiger charge is 2.43. The van der Waals surface area contributed by atoms with Crippen LogP contribution in [0.5, 0.6) is 0 Å². The van der Waals surface area contributed by atoms with Crippen LogP contribution in [0.25, 0.3) is 0 Å². The van der Waals surface area contributed by atoms with Crippen LogP contribution in [0.3, 0.4) is 0 Å². The lowest BCUT2D eigenvalue weighted by Crippen LogP contribution is -2.13. The SMILES string of the molecule is CC/C=C\C[C@@H]1CC[C@@H]2OC(=O)C[C@H]12. The molecule has 1 saturated carbocycles. The molecule has 2 nitrogen and oxygen atoms in total. The van der Waals surface area contributed by atoms with E-state index in [2.05, 4.69) is 19.1 Å². The number of ether oxygens (including phenoxy) is 1. The van der Waals surface area contributed by atoms with Crippen LogP contribution < -0.4 is 0 Å². The maximum Gasteiger partial charge on any atom is 0.306 e. The summed E-state index contributed by atoms with van der Waals surface area (Å²) in [6.45, 7) is 2.15. The van der Waals surface area contributed by atoms with Crippen molar-refractivity contribution < 1.29 is 9.53 Å². The highest BCUT2D eigenvalue weighted by atomic mass is 16.5. The third-order valence-corrected chi connectivity index (χ3v) is 3.43. The first-order valence-electron chi connectivity index (χ1n) is 5.65. The van der Waals surface area contributed by atoms with E-state index >= 15 is 0 Å². The second kappa shape index (κ2) is 4.16. The summed E-state index contributed by atoms with van der Waals surface area (Å²) in [5.41, 5.74) is 0. The molecule has 0 amide bonds. The van der Waals surface area contributed by atoms with E-state index in [-0.39, 0.29) is 12.1 Å². The van der Waals surface area contributed by atoms with E-state index in [9.17, 15) is 4.79 Å².